The third-order valence-electron chi connectivity index (χ3n) is 2.07. The van der Waals surface area contributed by atoms with Crippen LogP contribution < -0.4 is 10.9 Å². The molecule has 1 aromatic heterocycles. The molecular weight excluding hydrogens is 226 g/mol. The minimum absolute atomic E-state index is 0.189. The lowest BCUT2D eigenvalue weighted by atomic mass is 10.2. The number of carbonyl (C=O) groups is 1. The number of hydrazine groups is 1. The molecule has 4 nitrogen and oxygen atoms in total. The number of anilines is 1. The Labute approximate surface area is 97.6 Å². The van der Waals surface area contributed by atoms with Crippen molar-refractivity contribution in [1.82, 2.24) is 10.4 Å². The summed E-state index contributed by atoms with van der Waals surface area (Å²) in [6, 6.07) is 9.43. The Morgan fingerprint density at radius 2 is 2.12 bits per heavy atom. The molecule has 0 bridgehead atoms. The van der Waals surface area contributed by atoms with Crippen LogP contribution in [0.3, 0.4) is 0 Å². The largest absolute Gasteiger partial charge is 0.281 e. The maximum atomic E-state index is 10.8. The van der Waals surface area contributed by atoms with Gasteiger partial charge in [-0.05, 0) is 11.5 Å². The number of halogens is 1. The quantitative estimate of drug-likeness (QED) is 0.621. The van der Waals surface area contributed by atoms with Gasteiger partial charge in [-0.15, -0.1) is 0 Å². The van der Waals surface area contributed by atoms with Crippen molar-refractivity contribution >= 4 is 34.1 Å². The van der Waals surface area contributed by atoms with E-state index in [-0.39, 0.29) is 5.91 Å². The number of carbonyl (C=O) groups excluding carboxylic acids is 1. The number of nitrogens with zero attached hydrogens (tertiary/aromatic N) is 1. The van der Waals surface area contributed by atoms with Crippen LogP contribution in [0.2, 0.25) is 5.15 Å². The minimum Gasteiger partial charge on any atom is -0.281 e. The van der Waals surface area contributed by atoms with Crippen LogP contribution in [0.25, 0.3) is 10.8 Å². The predicted molar refractivity (Wildman–Crippen MR) is 64.2 cm³/mol. The highest BCUT2D eigenvalue weighted by Crippen LogP contribution is 2.23. The summed E-state index contributed by atoms with van der Waals surface area (Å²) in [5, 5.41) is 2.25. The van der Waals surface area contributed by atoms with Gasteiger partial charge < -0.3 is 0 Å². The Bertz CT molecular complexity index is 542. The van der Waals surface area contributed by atoms with E-state index in [1.165, 1.54) is 6.92 Å². The van der Waals surface area contributed by atoms with E-state index in [9.17, 15) is 4.79 Å². The number of benzene rings is 1. The van der Waals surface area contributed by atoms with Crippen molar-refractivity contribution in [2.75, 3.05) is 5.43 Å². The molecule has 0 atom stereocenters. The fourth-order valence-electron chi connectivity index (χ4n) is 1.41. The molecule has 0 radical (unpaired) electrons. The first-order valence-electron chi connectivity index (χ1n) is 4.75. The van der Waals surface area contributed by atoms with Gasteiger partial charge in [0.15, 0.2) is 5.82 Å². The molecule has 0 saturated heterocycles. The molecule has 2 rings (SSSR count). The van der Waals surface area contributed by atoms with Crippen LogP contribution >= 0.6 is 11.6 Å². The molecule has 0 aliphatic rings. The zero-order valence-electron chi connectivity index (χ0n) is 8.62. The molecule has 0 fully saturated rings. The summed E-state index contributed by atoms with van der Waals surface area (Å²) in [6.45, 7) is 1.42. The summed E-state index contributed by atoms with van der Waals surface area (Å²) in [5.74, 6) is 0.351. The van der Waals surface area contributed by atoms with E-state index in [0.717, 1.165) is 10.8 Å². The van der Waals surface area contributed by atoms with Crippen molar-refractivity contribution in [3.8, 4) is 0 Å². The van der Waals surface area contributed by atoms with Gasteiger partial charge >= 0.3 is 0 Å². The van der Waals surface area contributed by atoms with Crippen LogP contribution in [0.4, 0.5) is 5.82 Å². The normalized spacial score (nSPS) is 10.1. The van der Waals surface area contributed by atoms with E-state index in [2.05, 4.69) is 15.8 Å². The van der Waals surface area contributed by atoms with Crippen molar-refractivity contribution in [3.05, 3.63) is 35.5 Å². The lowest BCUT2D eigenvalue weighted by Crippen LogP contribution is -2.27. The van der Waals surface area contributed by atoms with Crippen LogP contribution in [0.5, 0.6) is 0 Å². The van der Waals surface area contributed by atoms with Gasteiger partial charge in [-0.3, -0.25) is 15.6 Å². The molecule has 82 valence electrons. The monoisotopic (exact) mass is 235 g/mol. The molecule has 1 amide bonds. The Kier molecular flexibility index (Phi) is 2.92. The van der Waals surface area contributed by atoms with Gasteiger partial charge in [0.2, 0.25) is 5.91 Å². The van der Waals surface area contributed by atoms with Crippen molar-refractivity contribution in [3.63, 3.8) is 0 Å². The second-order valence-electron chi connectivity index (χ2n) is 3.32. The molecule has 0 saturated carbocycles. The minimum atomic E-state index is -0.189. The topological polar surface area (TPSA) is 54.0 Å². The zero-order chi connectivity index (χ0) is 11.5. The molecule has 0 aliphatic heterocycles. The first-order valence-corrected chi connectivity index (χ1v) is 5.12. The van der Waals surface area contributed by atoms with Crippen LogP contribution in [-0.4, -0.2) is 10.9 Å². The second kappa shape index (κ2) is 4.37. The highest BCUT2D eigenvalue weighted by atomic mass is 35.5. The first kappa shape index (κ1) is 10.7. The highest BCUT2D eigenvalue weighted by Gasteiger charge is 2.04. The highest BCUT2D eigenvalue weighted by molar-refractivity contribution is 6.30. The standard InChI is InChI=1S/C11H10ClN3O/c1-7(16)14-15-11-9-5-3-2-4-8(9)6-10(12)13-11/h2-6H,1H3,(H,13,15)(H,14,16). The van der Waals surface area contributed by atoms with Gasteiger partial charge in [0.1, 0.15) is 5.15 Å². The van der Waals surface area contributed by atoms with Gasteiger partial charge in [-0.25, -0.2) is 4.98 Å². The molecule has 2 aromatic rings. The van der Waals surface area contributed by atoms with Crippen LogP contribution in [0.1, 0.15) is 6.92 Å². The number of nitrogens with one attached hydrogen (secondary N) is 2. The molecule has 1 aromatic carbocycles. The third-order valence-corrected chi connectivity index (χ3v) is 2.26. The number of aromatic nitrogens is 1. The number of hydrogen-bond donors (Lipinski definition) is 2. The fraction of sp³-hybridized carbons (Fsp3) is 0.0909. The molecule has 0 spiro atoms. The smallest absolute Gasteiger partial charge is 0.235 e. The molecule has 2 N–H and O–H groups in total. The summed E-state index contributed by atoms with van der Waals surface area (Å²) in [4.78, 5) is 14.9. The van der Waals surface area contributed by atoms with E-state index in [1.54, 1.807) is 6.07 Å². The van der Waals surface area contributed by atoms with Crippen molar-refractivity contribution in [2.45, 2.75) is 6.92 Å². The molecule has 5 heteroatoms. The Balaban J connectivity index is 2.46. The number of rotatable bonds is 2. The zero-order valence-corrected chi connectivity index (χ0v) is 9.38. The molecule has 0 unspecified atom stereocenters. The van der Waals surface area contributed by atoms with Gasteiger partial charge in [-0.2, -0.15) is 0 Å². The van der Waals surface area contributed by atoms with E-state index < -0.39 is 0 Å². The first-order chi connectivity index (χ1) is 7.66. The van der Waals surface area contributed by atoms with E-state index in [0.29, 0.717) is 11.0 Å². The number of amides is 1. The van der Waals surface area contributed by atoms with Gasteiger partial charge in [0.05, 0.1) is 0 Å². The van der Waals surface area contributed by atoms with Gasteiger partial charge in [0.25, 0.3) is 0 Å². The van der Waals surface area contributed by atoms with Gasteiger partial charge in [-0.1, -0.05) is 35.9 Å². The summed E-state index contributed by atoms with van der Waals surface area (Å²) in [6.07, 6.45) is 0. The fourth-order valence-corrected chi connectivity index (χ4v) is 1.61. The number of hydrogen-bond acceptors (Lipinski definition) is 3. The second-order valence-corrected chi connectivity index (χ2v) is 3.71. The summed E-state index contributed by atoms with van der Waals surface area (Å²) < 4.78 is 0. The Hall–Kier alpha value is -1.81. The van der Waals surface area contributed by atoms with E-state index in [1.807, 2.05) is 24.3 Å². The maximum absolute atomic E-state index is 10.8. The Morgan fingerprint density at radius 1 is 1.38 bits per heavy atom. The molecule has 0 aliphatic carbocycles. The average Bonchev–Trinajstić information content (AvgIpc) is 2.25. The molecule has 1 heterocycles. The predicted octanol–water partition coefficient (Wildman–Crippen LogP) is 2.35. The number of pyridine rings is 1. The lowest BCUT2D eigenvalue weighted by molar-refractivity contribution is -0.118. The van der Waals surface area contributed by atoms with Crippen molar-refractivity contribution < 1.29 is 4.79 Å². The van der Waals surface area contributed by atoms with Crippen LogP contribution in [0, 0.1) is 0 Å². The maximum Gasteiger partial charge on any atom is 0.235 e. The average molecular weight is 236 g/mol. The SMILES string of the molecule is CC(=O)NNc1nc(Cl)cc2ccccc12. The summed E-state index contributed by atoms with van der Waals surface area (Å²) in [5.41, 5.74) is 5.20. The summed E-state index contributed by atoms with van der Waals surface area (Å²) in [7, 11) is 0. The Morgan fingerprint density at radius 3 is 2.88 bits per heavy atom. The van der Waals surface area contributed by atoms with Crippen LogP contribution in [0.15, 0.2) is 30.3 Å². The van der Waals surface area contributed by atoms with E-state index in [4.69, 9.17) is 11.6 Å². The third kappa shape index (κ3) is 2.23. The molecular formula is C11H10ClN3O. The van der Waals surface area contributed by atoms with Crippen molar-refractivity contribution in [2.24, 2.45) is 0 Å². The molecule has 16 heavy (non-hydrogen) atoms. The van der Waals surface area contributed by atoms with Crippen molar-refractivity contribution in [1.29, 1.82) is 0 Å². The summed E-state index contributed by atoms with van der Waals surface area (Å²) >= 11 is 5.88. The lowest BCUT2D eigenvalue weighted by Gasteiger charge is -2.09. The van der Waals surface area contributed by atoms with E-state index >= 15 is 0 Å². The van der Waals surface area contributed by atoms with Gasteiger partial charge in [0, 0.05) is 12.3 Å². The van der Waals surface area contributed by atoms with Crippen LogP contribution in [-0.2, 0) is 4.79 Å². The number of fused-ring (bicyclic) bond motifs is 1.